The molecule has 0 radical (unpaired) electrons. The Morgan fingerprint density at radius 2 is 1.59 bits per heavy atom. The molecule has 34 heavy (non-hydrogen) atoms. The number of fused-ring (bicyclic) bond motifs is 1. The second kappa shape index (κ2) is 10.3. The molecule has 0 unspecified atom stereocenters. The maximum absolute atomic E-state index is 12.3. The Labute approximate surface area is 196 Å². The number of nitrogens with one attached hydrogen (secondary N) is 3. The number of amides is 2. The van der Waals surface area contributed by atoms with Gasteiger partial charge in [0.15, 0.2) is 0 Å². The summed E-state index contributed by atoms with van der Waals surface area (Å²) in [6.45, 7) is 1.96. The monoisotopic (exact) mass is 457 g/mol. The Hall–Kier alpha value is -4.66. The molecule has 1 aromatic heterocycles. The third kappa shape index (κ3) is 5.39. The number of aromatic nitrogens is 2. The second-order valence-corrected chi connectivity index (χ2v) is 7.15. The highest BCUT2D eigenvalue weighted by atomic mass is 16.5. The maximum atomic E-state index is 12.3. The lowest BCUT2D eigenvalue weighted by Gasteiger charge is -2.12. The van der Waals surface area contributed by atoms with Crippen LogP contribution < -0.4 is 20.7 Å². The molecule has 0 aliphatic heterocycles. The number of rotatable bonds is 7. The number of carbonyl (C=O) groups excluding carboxylic acids is 2. The summed E-state index contributed by atoms with van der Waals surface area (Å²) in [5.41, 5.74) is 2.56. The molecule has 0 aliphatic carbocycles. The van der Waals surface area contributed by atoms with Crippen molar-refractivity contribution in [1.29, 1.82) is 0 Å². The molecule has 172 valence electrons. The number of nitrogens with zero attached hydrogens (tertiary/aromatic N) is 2. The van der Waals surface area contributed by atoms with Crippen molar-refractivity contribution in [3.8, 4) is 5.75 Å². The lowest BCUT2D eigenvalue weighted by Crippen LogP contribution is -2.19. The Kier molecular flexibility index (Phi) is 6.83. The fraction of sp³-hybridized carbons (Fsp3) is 0.120. The number of esters is 1. The fourth-order valence-electron chi connectivity index (χ4n) is 3.23. The van der Waals surface area contributed by atoms with Gasteiger partial charge in [-0.05, 0) is 55.5 Å². The van der Waals surface area contributed by atoms with Crippen LogP contribution in [0.2, 0.25) is 0 Å². The largest absolute Gasteiger partial charge is 0.497 e. The number of methoxy groups -OCH3 is 1. The molecule has 0 saturated carbocycles. The highest BCUT2D eigenvalue weighted by Crippen LogP contribution is 2.25. The first-order valence-corrected chi connectivity index (χ1v) is 10.6. The molecule has 0 saturated heterocycles. The van der Waals surface area contributed by atoms with Gasteiger partial charge in [-0.25, -0.2) is 19.6 Å². The van der Waals surface area contributed by atoms with Gasteiger partial charge in [0.1, 0.15) is 11.6 Å². The molecule has 0 atom stereocenters. The minimum atomic E-state index is -0.585. The van der Waals surface area contributed by atoms with Crippen LogP contribution in [0, 0.1) is 0 Å². The predicted molar refractivity (Wildman–Crippen MR) is 131 cm³/mol. The fourth-order valence-corrected chi connectivity index (χ4v) is 3.23. The van der Waals surface area contributed by atoms with Crippen molar-refractivity contribution < 1.29 is 19.1 Å². The summed E-state index contributed by atoms with van der Waals surface area (Å²) < 4.78 is 10.2. The standard InChI is InChI=1S/C25H23N5O4/c1-3-34-24(31)23-29-21-10-5-4-9-20(21)22(30-23)26-16-11-13-17(14-12-16)27-25(32)28-18-7-6-8-19(15-18)33-2/h4-15H,3H2,1-2H3,(H,26,29,30)(H2,27,28,32). The minimum Gasteiger partial charge on any atom is -0.497 e. The molecule has 1 heterocycles. The molecule has 0 fully saturated rings. The molecule has 9 nitrogen and oxygen atoms in total. The quantitative estimate of drug-likeness (QED) is 0.327. The van der Waals surface area contributed by atoms with E-state index in [2.05, 4.69) is 25.9 Å². The van der Waals surface area contributed by atoms with Gasteiger partial charge in [0.25, 0.3) is 0 Å². The Morgan fingerprint density at radius 1 is 0.853 bits per heavy atom. The molecule has 0 bridgehead atoms. The Morgan fingerprint density at radius 3 is 2.35 bits per heavy atom. The van der Waals surface area contributed by atoms with Gasteiger partial charge in [-0.2, -0.15) is 0 Å². The molecule has 4 rings (SSSR count). The van der Waals surface area contributed by atoms with Crippen molar-refractivity contribution in [1.82, 2.24) is 9.97 Å². The molecular formula is C25H23N5O4. The number of para-hydroxylation sites is 1. The van der Waals surface area contributed by atoms with Crippen LogP contribution in [-0.4, -0.2) is 35.7 Å². The van der Waals surface area contributed by atoms with Crippen LogP contribution in [0.25, 0.3) is 10.9 Å². The van der Waals surface area contributed by atoms with Crippen molar-refractivity contribution in [2.24, 2.45) is 0 Å². The highest BCUT2D eigenvalue weighted by Gasteiger charge is 2.15. The van der Waals surface area contributed by atoms with Crippen LogP contribution in [0.5, 0.6) is 5.75 Å². The third-order valence-electron chi connectivity index (χ3n) is 4.79. The van der Waals surface area contributed by atoms with Gasteiger partial charge in [0.05, 0.1) is 19.2 Å². The molecule has 0 aliphatic rings. The summed E-state index contributed by atoms with van der Waals surface area (Å²) in [6, 6.07) is 21.2. The van der Waals surface area contributed by atoms with E-state index in [9.17, 15) is 9.59 Å². The number of carbonyl (C=O) groups is 2. The molecule has 9 heteroatoms. The molecular weight excluding hydrogens is 434 g/mol. The SMILES string of the molecule is CCOC(=O)c1nc(Nc2ccc(NC(=O)Nc3cccc(OC)c3)cc2)c2ccccc2n1. The normalized spacial score (nSPS) is 10.4. The predicted octanol–water partition coefficient (Wildman–Crippen LogP) is 5.20. The van der Waals surface area contributed by atoms with Crippen LogP contribution in [0.4, 0.5) is 27.7 Å². The van der Waals surface area contributed by atoms with Crippen molar-refractivity contribution in [3.63, 3.8) is 0 Å². The van der Waals surface area contributed by atoms with Crippen molar-refractivity contribution in [2.75, 3.05) is 29.7 Å². The zero-order chi connectivity index (χ0) is 23.9. The molecule has 4 aromatic rings. The van der Waals surface area contributed by atoms with E-state index < -0.39 is 5.97 Å². The van der Waals surface area contributed by atoms with Crippen molar-refractivity contribution in [3.05, 3.63) is 78.6 Å². The van der Waals surface area contributed by atoms with E-state index in [-0.39, 0.29) is 18.5 Å². The number of hydrogen-bond acceptors (Lipinski definition) is 7. The average molecular weight is 457 g/mol. The van der Waals surface area contributed by atoms with Crippen LogP contribution in [-0.2, 0) is 4.74 Å². The summed E-state index contributed by atoms with van der Waals surface area (Å²) in [7, 11) is 1.57. The molecule has 3 N–H and O–H groups in total. The zero-order valence-corrected chi connectivity index (χ0v) is 18.7. The summed E-state index contributed by atoms with van der Waals surface area (Å²) in [4.78, 5) is 33.2. The highest BCUT2D eigenvalue weighted by molar-refractivity contribution is 6.00. The van der Waals surface area contributed by atoms with Gasteiger partial charge in [-0.3, -0.25) is 0 Å². The van der Waals surface area contributed by atoms with Gasteiger partial charge in [0, 0.05) is 28.5 Å². The van der Waals surface area contributed by atoms with Gasteiger partial charge in [-0.1, -0.05) is 18.2 Å². The Balaban J connectivity index is 1.48. The summed E-state index contributed by atoms with van der Waals surface area (Å²) in [5.74, 6) is 0.523. The lowest BCUT2D eigenvalue weighted by atomic mass is 10.2. The van der Waals surface area contributed by atoms with Gasteiger partial charge in [-0.15, -0.1) is 0 Å². The minimum absolute atomic E-state index is 0.0180. The molecule has 0 spiro atoms. The molecule has 3 aromatic carbocycles. The van der Waals surface area contributed by atoms with E-state index in [1.807, 2.05) is 18.2 Å². The van der Waals surface area contributed by atoms with E-state index in [1.54, 1.807) is 68.6 Å². The van der Waals surface area contributed by atoms with Crippen LogP contribution in [0.1, 0.15) is 17.5 Å². The second-order valence-electron chi connectivity index (χ2n) is 7.15. The van der Waals surface area contributed by atoms with E-state index in [4.69, 9.17) is 9.47 Å². The lowest BCUT2D eigenvalue weighted by molar-refractivity contribution is 0.0512. The zero-order valence-electron chi connectivity index (χ0n) is 18.7. The Bertz CT molecular complexity index is 1320. The average Bonchev–Trinajstić information content (AvgIpc) is 2.85. The number of ether oxygens (including phenoxy) is 2. The van der Waals surface area contributed by atoms with Crippen LogP contribution >= 0.6 is 0 Å². The van der Waals surface area contributed by atoms with Crippen LogP contribution in [0.3, 0.4) is 0 Å². The van der Waals surface area contributed by atoms with Crippen molar-refractivity contribution >= 4 is 45.8 Å². The first-order chi connectivity index (χ1) is 16.6. The van der Waals surface area contributed by atoms with Gasteiger partial charge in [0.2, 0.25) is 5.82 Å². The third-order valence-corrected chi connectivity index (χ3v) is 4.79. The number of benzene rings is 3. The summed E-state index contributed by atoms with van der Waals surface area (Å²) in [5, 5.41) is 9.52. The van der Waals surface area contributed by atoms with Gasteiger partial charge < -0.3 is 25.4 Å². The van der Waals surface area contributed by atoms with Crippen molar-refractivity contribution in [2.45, 2.75) is 6.92 Å². The first-order valence-electron chi connectivity index (χ1n) is 10.6. The number of urea groups is 1. The number of anilines is 4. The van der Waals surface area contributed by atoms with Crippen LogP contribution in [0.15, 0.2) is 72.8 Å². The van der Waals surface area contributed by atoms with E-state index >= 15 is 0 Å². The number of hydrogen-bond donors (Lipinski definition) is 3. The molecule has 2 amide bonds. The van der Waals surface area contributed by atoms with E-state index in [0.717, 1.165) is 11.1 Å². The van der Waals surface area contributed by atoms with E-state index in [0.29, 0.717) is 28.5 Å². The first kappa shape index (κ1) is 22.5. The van der Waals surface area contributed by atoms with Gasteiger partial charge >= 0.3 is 12.0 Å². The smallest absolute Gasteiger partial charge is 0.376 e. The maximum Gasteiger partial charge on any atom is 0.376 e. The van der Waals surface area contributed by atoms with E-state index in [1.165, 1.54) is 0 Å². The topological polar surface area (TPSA) is 114 Å². The summed E-state index contributed by atoms with van der Waals surface area (Å²) in [6.07, 6.45) is 0. The summed E-state index contributed by atoms with van der Waals surface area (Å²) >= 11 is 0.